The first kappa shape index (κ1) is 20.9. The summed E-state index contributed by atoms with van der Waals surface area (Å²) < 4.78 is 11.2. The molecular formula is C22H34N2O4. The molecule has 0 radical (unpaired) electrons. The molecule has 1 aromatic heterocycles. The van der Waals surface area contributed by atoms with E-state index in [1.807, 2.05) is 17.0 Å². The highest BCUT2D eigenvalue weighted by Crippen LogP contribution is 2.28. The van der Waals surface area contributed by atoms with E-state index in [0.717, 1.165) is 63.7 Å². The summed E-state index contributed by atoms with van der Waals surface area (Å²) in [5.74, 6) is 0.873. The lowest BCUT2D eigenvalue weighted by Gasteiger charge is -2.29. The van der Waals surface area contributed by atoms with Crippen molar-refractivity contribution < 1.29 is 18.7 Å². The third kappa shape index (κ3) is 6.36. The molecule has 0 aromatic carbocycles. The average Bonchev–Trinajstić information content (AvgIpc) is 3.16. The number of hydrogen-bond acceptors (Lipinski definition) is 4. The summed E-state index contributed by atoms with van der Waals surface area (Å²) in [6.45, 7) is 4.08. The summed E-state index contributed by atoms with van der Waals surface area (Å²) in [4.78, 5) is 29.5. The molecule has 2 aliphatic rings. The van der Waals surface area contributed by atoms with Crippen molar-refractivity contribution >= 4 is 11.8 Å². The normalized spacial score (nSPS) is 19.0. The van der Waals surface area contributed by atoms with Crippen LogP contribution < -0.4 is 0 Å². The molecule has 0 spiro atoms. The van der Waals surface area contributed by atoms with Gasteiger partial charge in [-0.2, -0.15) is 0 Å². The number of unbranched alkanes of at least 4 members (excludes halogenated alkanes) is 3. The lowest BCUT2D eigenvalue weighted by molar-refractivity contribution is -0.142. The number of hydrogen-bond donors (Lipinski definition) is 0. The van der Waals surface area contributed by atoms with E-state index in [1.54, 1.807) is 11.2 Å². The molecule has 0 N–H and O–H groups in total. The van der Waals surface area contributed by atoms with E-state index >= 15 is 0 Å². The Labute approximate surface area is 168 Å². The highest BCUT2D eigenvalue weighted by Gasteiger charge is 2.35. The number of furan rings is 1. The Kier molecular flexibility index (Phi) is 7.95. The van der Waals surface area contributed by atoms with Gasteiger partial charge >= 0.3 is 0 Å². The number of carbonyl (C=O) groups excluding carboxylic acids is 2. The summed E-state index contributed by atoms with van der Waals surface area (Å²) in [6.07, 6.45) is 10.6. The molecule has 3 rings (SSSR count). The number of ether oxygens (including phenoxy) is 1. The molecule has 2 heterocycles. The summed E-state index contributed by atoms with van der Waals surface area (Å²) in [5, 5.41) is 0. The summed E-state index contributed by atoms with van der Waals surface area (Å²) in [5.41, 5.74) is 0. The number of nitrogens with zero attached hydrogens (tertiary/aromatic N) is 2. The average molecular weight is 391 g/mol. The lowest BCUT2D eigenvalue weighted by Crippen LogP contribution is -2.45. The lowest BCUT2D eigenvalue weighted by atomic mass is 10.1. The van der Waals surface area contributed by atoms with Crippen molar-refractivity contribution in [3.05, 3.63) is 24.2 Å². The van der Waals surface area contributed by atoms with Gasteiger partial charge in [-0.1, -0.05) is 26.2 Å². The summed E-state index contributed by atoms with van der Waals surface area (Å²) in [7, 11) is 0. The minimum atomic E-state index is -0.0132. The van der Waals surface area contributed by atoms with E-state index in [9.17, 15) is 9.59 Å². The van der Waals surface area contributed by atoms with Crippen LogP contribution in [0.1, 0.15) is 70.5 Å². The molecule has 1 aliphatic heterocycles. The molecule has 0 bridgehead atoms. The van der Waals surface area contributed by atoms with Crippen LogP contribution in [0.2, 0.25) is 0 Å². The van der Waals surface area contributed by atoms with Crippen LogP contribution in [0, 0.1) is 0 Å². The minimum Gasteiger partial charge on any atom is -0.467 e. The van der Waals surface area contributed by atoms with Gasteiger partial charge in [-0.05, 0) is 44.2 Å². The zero-order valence-electron chi connectivity index (χ0n) is 17.1. The second-order valence-electron chi connectivity index (χ2n) is 8.05. The van der Waals surface area contributed by atoms with Crippen molar-refractivity contribution in [2.45, 2.75) is 83.4 Å². The molecule has 1 aromatic rings. The van der Waals surface area contributed by atoms with Crippen molar-refractivity contribution in [1.29, 1.82) is 0 Å². The van der Waals surface area contributed by atoms with Gasteiger partial charge in [0, 0.05) is 25.6 Å². The van der Waals surface area contributed by atoms with Gasteiger partial charge in [0.25, 0.3) is 0 Å². The van der Waals surface area contributed by atoms with E-state index in [0.29, 0.717) is 19.5 Å². The van der Waals surface area contributed by atoms with Crippen molar-refractivity contribution in [3.8, 4) is 0 Å². The highest BCUT2D eigenvalue weighted by atomic mass is 16.5. The molecular weight excluding hydrogens is 356 g/mol. The standard InChI is InChI=1S/C22H34N2O4/c1-2-3-4-5-10-21(25)24(18-11-12-18)17-22(26)23(15-19-8-6-13-27-19)16-20-9-7-14-28-20/h6,8,13,18,20H,2-5,7,9-12,14-17H2,1H3/t20-/m1/s1. The zero-order valence-corrected chi connectivity index (χ0v) is 17.1. The summed E-state index contributed by atoms with van der Waals surface area (Å²) >= 11 is 0. The second kappa shape index (κ2) is 10.6. The second-order valence-corrected chi connectivity index (χ2v) is 8.05. The zero-order chi connectivity index (χ0) is 19.8. The molecule has 2 amide bonds. The van der Waals surface area contributed by atoms with Crippen molar-refractivity contribution in [2.24, 2.45) is 0 Å². The van der Waals surface area contributed by atoms with Crippen LogP contribution in [0.4, 0.5) is 0 Å². The van der Waals surface area contributed by atoms with E-state index < -0.39 is 0 Å². The Morgan fingerprint density at radius 3 is 2.64 bits per heavy atom. The number of carbonyl (C=O) groups is 2. The van der Waals surface area contributed by atoms with Crippen LogP contribution >= 0.6 is 0 Å². The van der Waals surface area contributed by atoms with Crippen LogP contribution in [-0.4, -0.2) is 53.5 Å². The fourth-order valence-electron chi connectivity index (χ4n) is 3.78. The van der Waals surface area contributed by atoms with Crippen LogP contribution in [0.15, 0.2) is 22.8 Å². The predicted octanol–water partition coefficient (Wildman–Crippen LogP) is 3.75. The molecule has 1 aliphatic carbocycles. The molecule has 2 fully saturated rings. The van der Waals surface area contributed by atoms with Gasteiger partial charge in [-0.3, -0.25) is 9.59 Å². The Morgan fingerprint density at radius 2 is 2.00 bits per heavy atom. The largest absolute Gasteiger partial charge is 0.467 e. The Balaban J connectivity index is 1.58. The van der Waals surface area contributed by atoms with Gasteiger partial charge < -0.3 is 19.0 Å². The maximum atomic E-state index is 13.1. The molecule has 0 unspecified atom stereocenters. The molecule has 28 heavy (non-hydrogen) atoms. The molecule has 1 atom stereocenters. The van der Waals surface area contributed by atoms with E-state index in [2.05, 4.69) is 6.92 Å². The maximum Gasteiger partial charge on any atom is 0.242 e. The van der Waals surface area contributed by atoms with Crippen molar-refractivity contribution in [3.63, 3.8) is 0 Å². The predicted molar refractivity (Wildman–Crippen MR) is 107 cm³/mol. The topological polar surface area (TPSA) is 63.0 Å². The van der Waals surface area contributed by atoms with Crippen LogP contribution in [0.3, 0.4) is 0 Å². The van der Waals surface area contributed by atoms with E-state index in [-0.39, 0.29) is 30.5 Å². The van der Waals surface area contributed by atoms with Crippen LogP contribution in [0.5, 0.6) is 0 Å². The first-order valence-electron chi connectivity index (χ1n) is 10.9. The SMILES string of the molecule is CCCCCCC(=O)N(CC(=O)N(Cc1ccco1)C[C@H]1CCCO1)C1CC1. The molecule has 1 saturated carbocycles. The van der Waals surface area contributed by atoms with Gasteiger partial charge in [0.2, 0.25) is 11.8 Å². The Morgan fingerprint density at radius 1 is 1.14 bits per heavy atom. The van der Waals surface area contributed by atoms with Gasteiger partial charge in [0.15, 0.2) is 0 Å². The van der Waals surface area contributed by atoms with Crippen LogP contribution in [-0.2, 0) is 20.9 Å². The third-order valence-electron chi connectivity index (χ3n) is 5.59. The minimum absolute atomic E-state index is 0.0132. The molecule has 1 saturated heterocycles. The summed E-state index contributed by atoms with van der Waals surface area (Å²) in [6, 6.07) is 3.96. The number of amides is 2. The smallest absolute Gasteiger partial charge is 0.242 e. The fourth-order valence-corrected chi connectivity index (χ4v) is 3.78. The van der Waals surface area contributed by atoms with Crippen LogP contribution in [0.25, 0.3) is 0 Å². The molecule has 6 heteroatoms. The van der Waals surface area contributed by atoms with Gasteiger partial charge in [-0.25, -0.2) is 0 Å². The van der Waals surface area contributed by atoms with Gasteiger partial charge in [0.1, 0.15) is 12.3 Å². The van der Waals surface area contributed by atoms with Crippen molar-refractivity contribution in [1.82, 2.24) is 9.80 Å². The third-order valence-corrected chi connectivity index (χ3v) is 5.59. The monoisotopic (exact) mass is 390 g/mol. The maximum absolute atomic E-state index is 13.1. The molecule has 156 valence electrons. The fraction of sp³-hybridized carbons (Fsp3) is 0.727. The first-order valence-corrected chi connectivity index (χ1v) is 10.9. The van der Waals surface area contributed by atoms with Gasteiger partial charge in [-0.15, -0.1) is 0 Å². The van der Waals surface area contributed by atoms with E-state index in [4.69, 9.17) is 9.15 Å². The van der Waals surface area contributed by atoms with Crippen molar-refractivity contribution in [2.75, 3.05) is 19.7 Å². The first-order chi connectivity index (χ1) is 13.7. The molecule has 6 nitrogen and oxygen atoms in total. The quantitative estimate of drug-likeness (QED) is 0.510. The Hall–Kier alpha value is -1.82. The van der Waals surface area contributed by atoms with E-state index in [1.165, 1.54) is 0 Å². The highest BCUT2D eigenvalue weighted by molar-refractivity contribution is 5.85. The van der Waals surface area contributed by atoms with Gasteiger partial charge in [0.05, 0.1) is 18.9 Å². The Bertz CT molecular complexity index is 606. The number of rotatable bonds is 12.